The fourth-order valence-corrected chi connectivity index (χ4v) is 2.86. The molecule has 0 N–H and O–H groups in total. The second-order valence-corrected chi connectivity index (χ2v) is 5.45. The number of hydrogen-bond donors (Lipinski definition) is 0. The van der Waals surface area contributed by atoms with Crippen molar-refractivity contribution in [2.75, 3.05) is 18.0 Å². The fraction of sp³-hybridized carbons (Fsp3) is 0.692. The molecule has 0 amide bonds. The fourth-order valence-electron chi connectivity index (χ4n) is 2.29. The van der Waals surface area contributed by atoms with Crippen molar-refractivity contribution >= 4 is 29.2 Å². The molecule has 2 heterocycles. The molecule has 1 aromatic rings. The second kappa shape index (κ2) is 6.58. The Morgan fingerprint density at radius 3 is 2.06 bits per heavy atom. The Morgan fingerprint density at radius 2 is 1.56 bits per heavy atom. The van der Waals surface area contributed by atoms with Gasteiger partial charge in [-0.15, -0.1) is 0 Å². The van der Waals surface area contributed by atoms with E-state index in [-0.39, 0.29) is 0 Å². The first kappa shape index (κ1) is 13.9. The summed E-state index contributed by atoms with van der Waals surface area (Å²) in [7, 11) is 0. The van der Waals surface area contributed by atoms with Gasteiger partial charge in [-0.3, -0.25) is 0 Å². The molecule has 1 fully saturated rings. The van der Waals surface area contributed by atoms with E-state index >= 15 is 0 Å². The van der Waals surface area contributed by atoms with Crippen LogP contribution in [0.15, 0.2) is 0 Å². The van der Waals surface area contributed by atoms with Gasteiger partial charge in [0, 0.05) is 18.7 Å². The lowest BCUT2D eigenvalue weighted by molar-refractivity contribution is 0.726. The van der Waals surface area contributed by atoms with Crippen molar-refractivity contribution < 1.29 is 0 Å². The Hall–Kier alpha value is -0.540. The Balaban J connectivity index is 2.23. The van der Waals surface area contributed by atoms with Crippen molar-refractivity contribution in [2.45, 2.75) is 45.4 Å². The number of halogens is 2. The van der Waals surface area contributed by atoms with Gasteiger partial charge in [-0.25, -0.2) is 9.97 Å². The first-order valence-corrected chi connectivity index (χ1v) is 7.45. The maximum Gasteiger partial charge on any atom is 0.228 e. The first-order valence-electron chi connectivity index (χ1n) is 6.69. The van der Waals surface area contributed by atoms with E-state index in [1.54, 1.807) is 0 Å². The Kier molecular flexibility index (Phi) is 5.07. The minimum atomic E-state index is 0.510. The van der Waals surface area contributed by atoms with Crippen molar-refractivity contribution in [1.82, 2.24) is 9.97 Å². The molecule has 1 aliphatic rings. The van der Waals surface area contributed by atoms with Gasteiger partial charge in [-0.05, 0) is 19.3 Å². The van der Waals surface area contributed by atoms with Crippen LogP contribution in [0.1, 0.15) is 44.6 Å². The van der Waals surface area contributed by atoms with E-state index in [0.717, 1.165) is 31.5 Å². The molecule has 0 radical (unpaired) electrons. The van der Waals surface area contributed by atoms with Gasteiger partial charge in [0.1, 0.15) is 10.3 Å². The lowest BCUT2D eigenvalue weighted by atomic mass is 10.2. The topological polar surface area (TPSA) is 29.0 Å². The molecule has 0 saturated carbocycles. The molecule has 0 unspecified atom stereocenters. The third-order valence-corrected chi connectivity index (χ3v) is 3.91. The van der Waals surface area contributed by atoms with Crippen LogP contribution in [0.25, 0.3) is 0 Å². The quantitative estimate of drug-likeness (QED) is 0.783. The highest BCUT2D eigenvalue weighted by molar-refractivity contribution is 6.34. The van der Waals surface area contributed by atoms with E-state index in [9.17, 15) is 0 Å². The molecular formula is C13H19Cl2N3. The predicted octanol–water partition coefficient (Wildman–Crippen LogP) is 4.12. The largest absolute Gasteiger partial charge is 0.341 e. The molecule has 100 valence electrons. The van der Waals surface area contributed by atoms with Crippen LogP contribution in [0.2, 0.25) is 10.3 Å². The average Bonchev–Trinajstić information content (AvgIpc) is 2.62. The molecule has 5 heteroatoms. The van der Waals surface area contributed by atoms with Gasteiger partial charge < -0.3 is 4.90 Å². The molecule has 0 aromatic carbocycles. The lowest BCUT2D eigenvalue weighted by Gasteiger charge is -2.21. The monoisotopic (exact) mass is 287 g/mol. The van der Waals surface area contributed by atoms with Gasteiger partial charge in [0.2, 0.25) is 5.95 Å². The summed E-state index contributed by atoms with van der Waals surface area (Å²) in [4.78, 5) is 11.0. The van der Waals surface area contributed by atoms with Gasteiger partial charge >= 0.3 is 0 Å². The summed E-state index contributed by atoms with van der Waals surface area (Å²) < 4.78 is 0. The summed E-state index contributed by atoms with van der Waals surface area (Å²) in [6.45, 7) is 4.09. The summed E-state index contributed by atoms with van der Waals surface area (Å²) in [5.74, 6) is 0.687. The van der Waals surface area contributed by atoms with Crippen molar-refractivity contribution in [1.29, 1.82) is 0 Å². The van der Waals surface area contributed by atoms with Gasteiger partial charge in [0.05, 0.1) is 0 Å². The number of aromatic nitrogens is 2. The second-order valence-electron chi connectivity index (χ2n) is 4.74. The van der Waals surface area contributed by atoms with Crippen molar-refractivity contribution in [3.63, 3.8) is 0 Å². The molecule has 0 bridgehead atoms. The van der Waals surface area contributed by atoms with E-state index in [1.165, 1.54) is 25.7 Å². The average molecular weight is 288 g/mol. The highest BCUT2D eigenvalue weighted by Crippen LogP contribution is 2.26. The predicted molar refractivity (Wildman–Crippen MR) is 76.7 cm³/mol. The Bertz CT molecular complexity index is 378. The zero-order chi connectivity index (χ0) is 13.0. The number of anilines is 1. The first-order chi connectivity index (χ1) is 8.72. The van der Waals surface area contributed by atoms with Crippen molar-refractivity contribution in [3.8, 4) is 0 Å². The maximum absolute atomic E-state index is 6.21. The summed E-state index contributed by atoms with van der Waals surface area (Å²) in [5, 5.41) is 1.02. The lowest BCUT2D eigenvalue weighted by Crippen LogP contribution is -2.26. The highest BCUT2D eigenvalue weighted by atomic mass is 35.5. The molecule has 3 nitrogen and oxygen atoms in total. The Morgan fingerprint density at radius 1 is 1.00 bits per heavy atom. The van der Waals surface area contributed by atoms with Gasteiger partial charge in [0.15, 0.2) is 0 Å². The SMILES string of the molecule is CCCc1c(Cl)nc(N2CCCCCC2)nc1Cl. The van der Waals surface area contributed by atoms with Crippen LogP contribution in [0.4, 0.5) is 5.95 Å². The molecule has 18 heavy (non-hydrogen) atoms. The number of rotatable bonds is 3. The van der Waals surface area contributed by atoms with E-state index in [0.29, 0.717) is 16.3 Å². The summed E-state index contributed by atoms with van der Waals surface area (Å²) >= 11 is 12.4. The van der Waals surface area contributed by atoms with E-state index in [1.807, 2.05) is 0 Å². The molecule has 1 aliphatic heterocycles. The summed E-state index contributed by atoms with van der Waals surface area (Å²) in [6, 6.07) is 0. The molecular weight excluding hydrogens is 269 g/mol. The van der Waals surface area contributed by atoms with Crippen LogP contribution < -0.4 is 4.90 Å². The highest BCUT2D eigenvalue weighted by Gasteiger charge is 2.16. The van der Waals surface area contributed by atoms with Crippen molar-refractivity contribution in [2.24, 2.45) is 0 Å². The zero-order valence-electron chi connectivity index (χ0n) is 10.8. The standard InChI is InChI=1S/C13H19Cl2N3/c1-2-7-10-11(14)16-13(17-12(10)15)18-8-5-3-4-6-9-18/h2-9H2,1H3. The van der Waals surface area contributed by atoms with Crippen LogP contribution in [-0.4, -0.2) is 23.1 Å². The number of nitrogens with zero attached hydrogens (tertiary/aromatic N) is 3. The van der Waals surface area contributed by atoms with Crippen LogP contribution in [0.5, 0.6) is 0 Å². The van der Waals surface area contributed by atoms with Crippen LogP contribution in [0.3, 0.4) is 0 Å². The number of hydrogen-bond acceptors (Lipinski definition) is 3. The summed E-state index contributed by atoms with van der Waals surface area (Å²) in [5.41, 5.74) is 0.874. The van der Waals surface area contributed by atoms with Crippen LogP contribution >= 0.6 is 23.2 Å². The molecule has 2 rings (SSSR count). The van der Waals surface area contributed by atoms with Gasteiger partial charge in [0.25, 0.3) is 0 Å². The molecule has 0 spiro atoms. The van der Waals surface area contributed by atoms with Crippen LogP contribution in [-0.2, 0) is 6.42 Å². The van der Waals surface area contributed by atoms with Gasteiger partial charge in [-0.1, -0.05) is 49.4 Å². The van der Waals surface area contributed by atoms with Crippen molar-refractivity contribution in [3.05, 3.63) is 15.9 Å². The van der Waals surface area contributed by atoms with Crippen LogP contribution in [0, 0.1) is 0 Å². The Labute approximate surface area is 119 Å². The maximum atomic E-state index is 6.21. The zero-order valence-corrected chi connectivity index (χ0v) is 12.3. The molecule has 0 atom stereocenters. The third kappa shape index (κ3) is 3.27. The normalized spacial score (nSPS) is 16.7. The van der Waals surface area contributed by atoms with E-state index < -0.39 is 0 Å². The molecule has 0 aliphatic carbocycles. The molecule has 1 aromatic heterocycles. The third-order valence-electron chi connectivity index (χ3n) is 3.28. The smallest absolute Gasteiger partial charge is 0.228 e. The minimum absolute atomic E-state index is 0.510. The summed E-state index contributed by atoms with van der Waals surface area (Å²) in [6.07, 6.45) is 6.77. The molecule has 1 saturated heterocycles. The van der Waals surface area contributed by atoms with E-state index in [4.69, 9.17) is 23.2 Å². The minimum Gasteiger partial charge on any atom is -0.341 e. The van der Waals surface area contributed by atoms with Gasteiger partial charge in [-0.2, -0.15) is 0 Å². The van der Waals surface area contributed by atoms with E-state index in [2.05, 4.69) is 21.8 Å².